The molecule has 0 bridgehead atoms. The monoisotopic (exact) mass is 508 g/mol. The van der Waals surface area contributed by atoms with Crippen molar-refractivity contribution in [1.82, 2.24) is 9.80 Å². The van der Waals surface area contributed by atoms with Crippen LogP contribution in [0.5, 0.6) is 11.5 Å². The van der Waals surface area contributed by atoms with Crippen LogP contribution in [0.25, 0.3) is 0 Å². The number of nitrogens with zero attached hydrogens (tertiary/aromatic N) is 2. The van der Waals surface area contributed by atoms with Gasteiger partial charge in [0.15, 0.2) is 6.10 Å². The molecule has 0 saturated carbocycles. The van der Waals surface area contributed by atoms with Gasteiger partial charge in [0.25, 0.3) is 5.91 Å². The van der Waals surface area contributed by atoms with Crippen LogP contribution >= 0.6 is 11.6 Å². The molecule has 1 aliphatic heterocycles. The third kappa shape index (κ3) is 7.23. The summed E-state index contributed by atoms with van der Waals surface area (Å²) >= 11 is 6.12. The molecule has 0 aromatic heterocycles. The van der Waals surface area contributed by atoms with Crippen molar-refractivity contribution in [3.8, 4) is 11.5 Å². The topological polar surface area (TPSA) is 51.2 Å². The molecule has 3 aromatic rings. The first kappa shape index (κ1) is 26.0. The van der Waals surface area contributed by atoms with E-state index in [0.717, 1.165) is 36.5 Å². The van der Waals surface area contributed by atoms with Crippen LogP contribution in [-0.4, -0.2) is 61.6 Å². The lowest BCUT2D eigenvalue weighted by atomic mass is 10.1. The Morgan fingerprint density at radius 1 is 0.917 bits per heavy atom. The Labute approximate surface area is 218 Å². The van der Waals surface area contributed by atoms with Crippen LogP contribution in [0, 0.1) is 0 Å². The van der Waals surface area contributed by atoms with Gasteiger partial charge < -0.3 is 19.1 Å². The Hall–Kier alpha value is -3.06. The van der Waals surface area contributed by atoms with Gasteiger partial charge in [-0.25, -0.2) is 0 Å². The average Bonchev–Trinajstić information content (AvgIpc) is 2.92. The van der Waals surface area contributed by atoms with Crippen molar-refractivity contribution in [2.24, 2.45) is 0 Å². The van der Waals surface area contributed by atoms with E-state index in [0.29, 0.717) is 30.5 Å². The second-order valence-corrected chi connectivity index (χ2v) is 9.34. The molecular weight excluding hydrogens is 476 g/mol. The SMILES string of the molecule is COc1cccc(CO[C@@H](CN2CCN(C(=O)[C@@H](C)Oc3ccccc3)CC2)c2ccc(Cl)cc2)c1. The van der Waals surface area contributed by atoms with Crippen LogP contribution in [0.15, 0.2) is 78.9 Å². The van der Waals surface area contributed by atoms with Gasteiger partial charge in [0.1, 0.15) is 11.5 Å². The molecule has 4 rings (SSSR count). The molecular formula is C29H33ClN2O4. The molecule has 3 aromatic carbocycles. The second-order valence-electron chi connectivity index (χ2n) is 8.90. The first-order chi connectivity index (χ1) is 17.5. The molecule has 1 aliphatic rings. The number of para-hydroxylation sites is 1. The van der Waals surface area contributed by atoms with Gasteiger partial charge in [-0.15, -0.1) is 0 Å². The van der Waals surface area contributed by atoms with E-state index in [-0.39, 0.29) is 12.0 Å². The van der Waals surface area contributed by atoms with Crippen molar-refractivity contribution in [1.29, 1.82) is 0 Å². The van der Waals surface area contributed by atoms with Gasteiger partial charge in [-0.05, 0) is 54.4 Å². The van der Waals surface area contributed by atoms with Gasteiger partial charge in [0.2, 0.25) is 0 Å². The number of methoxy groups -OCH3 is 1. The van der Waals surface area contributed by atoms with Gasteiger partial charge in [0, 0.05) is 37.7 Å². The van der Waals surface area contributed by atoms with Crippen molar-refractivity contribution in [2.75, 3.05) is 39.8 Å². The highest BCUT2D eigenvalue weighted by Crippen LogP contribution is 2.24. The predicted octanol–water partition coefficient (Wildman–Crippen LogP) is 5.22. The lowest BCUT2D eigenvalue weighted by Crippen LogP contribution is -2.52. The molecule has 1 saturated heterocycles. The van der Waals surface area contributed by atoms with Crippen molar-refractivity contribution in [3.05, 3.63) is 95.0 Å². The predicted molar refractivity (Wildman–Crippen MR) is 142 cm³/mol. The number of hydrogen-bond donors (Lipinski definition) is 0. The second kappa shape index (κ2) is 12.8. The van der Waals surface area contributed by atoms with Crippen molar-refractivity contribution >= 4 is 17.5 Å². The Bertz CT molecular complexity index is 1100. The van der Waals surface area contributed by atoms with Crippen LogP contribution in [-0.2, 0) is 16.1 Å². The Balaban J connectivity index is 1.34. The summed E-state index contributed by atoms with van der Waals surface area (Å²) in [5.74, 6) is 1.53. The van der Waals surface area contributed by atoms with Gasteiger partial charge in [-0.1, -0.05) is 54.1 Å². The molecule has 1 fully saturated rings. The van der Waals surface area contributed by atoms with E-state index in [1.54, 1.807) is 7.11 Å². The fourth-order valence-corrected chi connectivity index (χ4v) is 4.41. The zero-order valence-corrected chi connectivity index (χ0v) is 21.6. The number of piperazine rings is 1. The molecule has 1 amide bonds. The summed E-state index contributed by atoms with van der Waals surface area (Å²) in [5.41, 5.74) is 2.13. The summed E-state index contributed by atoms with van der Waals surface area (Å²) in [6, 6.07) is 25.2. The van der Waals surface area contributed by atoms with Crippen LogP contribution in [0.4, 0.5) is 0 Å². The van der Waals surface area contributed by atoms with Crippen LogP contribution in [0.2, 0.25) is 5.02 Å². The van der Waals surface area contributed by atoms with Crippen LogP contribution in [0.1, 0.15) is 24.2 Å². The lowest BCUT2D eigenvalue weighted by Gasteiger charge is -2.37. The van der Waals surface area contributed by atoms with E-state index < -0.39 is 6.10 Å². The first-order valence-electron chi connectivity index (χ1n) is 12.2. The summed E-state index contributed by atoms with van der Waals surface area (Å²) in [4.78, 5) is 17.2. The number of carbonyl (C=O) groups excluding carboxylic acids is 1. The zero-order valence-electron chi connectivity index (χ0n) is 20.8. The number of ether oxygens (including phenoxy) is 3. The maximum absolute atomic E-state index is 12.9. The molecule has 0 N–H and O–H groups in total. The maximum Gasteiger partial charge on any atom is 0.263 e. The highest BCUT2D eigenvalue weighted by Gasteiger charge is 2.27. The van der Waals surface area contributed by atoms with Gasteiger partial charge in [0.05, 0.1) is 19.8 Å². The van der Waals surface area contributed by atoms with Crippen LogP contribution in [0.3, 0.4) is 0 Å². The smallest absolute Gasteiger partial charge is 0.263 e. The summed E-state index contributed by atoms with van der Waals surface area (Å²) < 4.78 is 17.6. The Morgan fingerprint density at radius 2 is 1.61 bits per heavy atom. The number of benzene rings is 3. The third-order valence-electron chi connectivity index (χ3n) is 6.34. The van der Waals surface area contributed by atoms with Gasteiger partial charge in [-0.2, -0.15) is 0 Å². The van der Waals surface area contributed by atoms with Gasteiger partial charge in [-0.3, -0.25) is 9.69 Å². The molecule has 2 atom stereocenters. The fraction of sp³-hybridized carbons (Fsp3) is 0.345. The number of amides is 1. The summed E-state index contributed by atoms with van der Waals surface area (Å²) in [6.07, 6.45) is -0.650. The Morgan fingerprint density at radius 3 is 2.31 bits per heavy atom. The highest BCUT2D eigenvalue weighted by molar-refractivity contribution is 6.30. The van der Waals surface area contributed by atoms with Crippen molar-refractivity contribution in [3.63, 3.8) is 0 Å². The van der Waals surface area contributed by atoms with E-state index >= 15 is 0 Å². The van der Waals surface area contributed by atoms with E-state index in [1.165, 1.54) is 0 Å². The highest BCUT2D eigenvalue weighted by atomic mass is 35.5. The summed E-state index contributed by atoms with van der Waals surface area (Å²) in [5, 5.41) is 0.698. The molecule has 190 valence electrons. The average molecular weight is 509 g/mol. The fourth-order valence-electron chi connectivity index (χ4n) is 4.29. The number of carbonyl (C=O) groups is 1. The van der Waals surface area contributed by atoms with E-state index in [2.05, 4.69) is 4.90 Å². The minimum atomic E-state index is -0.521. The van der Waals surface area contributed by atoms with Crippen LogP contribution < -0.4 is 9.47 Å². The molecule has 0 spiro atoms. The van der Waals surface area contributed by atoms with E-state index in [4.69, 9.17) is 25.8 Å². The summed E-state index contributed by atoms with van der Waals surface area (Å²) in [7, 11) is 1.66. The number of rotatable bonds is 10. The molecule has 0 unspecified atom stereocenters. The van der Waals surface area contributed by atoms with Gasteiger partial charge >= 0.3 is 0 Å². The zero-order chi connectivity index (χ0) is 25.3. The third-order valence-corrected chi connectivity index (χ3v) is 6.59. The first-order valence-corrected chi connectivity index (χ1v) is 12.6. The molecule has 0 aliphatic carbocycles. The number of halogens is 1. The maximum atomic E-state index is 12.9. The minimum Gasteiger partial charge on any atom is -0.497 e. The van der Waals surface area contributed by atoms with Crippen molar-refractivity contribution < 1.29 is 19.0 Å². The molecule has 6 nitrogen and oxygen atoms in total. The quantitative estimate of drug-likeness (QED) is 0.376. The van der Waals surface area contributed by atoms with Crippen molar-refractivity contribution in [2.45, 2.75) is 25.7 Å². The molecule has 7 heteroatoms. The largest absolute Gasteiger partial charge is 0.497 e. The van der Waals surface area contributed by atoms with E-state index in [9.17, 15) is 4.79 Å². The minimum absolute atomic E-state index is 0.0158. The summed E-state index contributed by atoms with van der Waals surface area (Å²) in [6.45, 7) is 5.87. The van der Waals surface area contributed by atoms with E-state index in [1.807, 2.05) is 90.7 Å². The molecule has 36 heavy (non-hydrogen) atoms. The Kier molecular flexibility index (Phi) is 9.23. The molecule has 0 radical (unpaired) electrons. The standard InChI is InChI=1S/C29H33ClN2O4/c1-22(36-26-8-4-3-5-9-26)29(33)32-17-15-31(16-18-32)20-28(24-11-13-25(30)14-12-24)35-21-23-7-6-10-27(19-23)34-2/h3-14,19,22,28H,15-18,20-21H2,1-2H3/t22-,28+/m1/s1. The number of hydrogen-bond acceptors (Lipinski definition) is 5. The lowest BCUT2D eigenvalue weighted by molar-refractivity contribution is -0.140. The molecule has 1 heterocycles. The normalized spacial score (nSPS) is 15.8.